The van der Waals surface area contributed by atoms with Gasteiger partial charge < -0.3 is 10.4 Å². The zero-order chi connectivity index (χ0) is 11.8. The Morgan fingerprint density at radius 3 is 2.24 bits per heavy atom. The zero-order valence-corrected chi connectivity index (χ0v) is 10.4. The van der Waals surface area contributed by atoms with Crippen molar-refractivity contribution in [2.75, 3.05) is 13.1 Å². The molecule has 0 spiro atoms. The number of rotatable bonds is 4. The van der Waals surface area contributed by atoms with Gasteiger partial charge in [-0.1, -0.05) is 5.92 Å². The maximum Gasteiger partial charge on any atom is 0.0698 e. The largest absolute Gasteiger partial charge is 0.391 e. The van der Waals surface area contributed by atoms with E-state index in [1.165, 1.54) is 32.1 Å². The Morgan fingerprint density at radius 1 is 1.12 bits per heavy atom. The van der Waals surface area contributed by atoms with Gasteiger partial charge in [0.2, 0.25) is 0 Å². The molecule has 17 heavy (non-hydrogen) atoms. The SMILES string of the molecule is C#CCNCC(O)C1C2CC3CC(C2)CC1C3. The summed E-state index contributed by atoms with van der Waals surface area (Å²) >= 11 is 0. The van der Waals surface area contributed by atoms with Crippen molar-refractivity contribution in [1.82, 2.24) is 5.32 Å². The summed E-state index contributed by atoms with van der Waals surface area (Å²) in [6.07, 6.45) is 12.0. The van der Waals surface area contributed by atoms with Crippen LogP contribution in [0.4, 0.5) is 0 Å². The Kier molecular flexibility index (Phi) is 3.15. The van der Waals surface area contributed by atoms with E-state index in [2.05, 4.69) is 11.2 Å². The standard InChI is InChI=1S/C15H23NO/c1-2-3-16-9-14(17)15-12-5-10-4-11(7-12)8-13(15)6-10/h1,10-17H,3-9H2. The van der Waals surface area contributed by atoms with Crippen LogP contribution in [-0.4, -0.2) is 24.3 Å². The second kappa shape index (κ2) is 4.63. The number of hydrogen-bond donors (Lipinski definition) is 2. The average molecular weight is 233 g/mol. The van der Waals surface area contributed by atoms with Crippen LogP contribution in [0.2, 0.25) is 0 Å². The van der Waals surface area contributed by atoms with Crippen molar-refractivity contribution in [3.63, 3.8) is 0 Å². The predicted molar refractivity (Wildman–Crippen MR) is 68.2 cm³/mol. The van der Waals surface area contributed by atoms with E-state index in [4.69, 9.17) is 6.42 Å². The summed E-state index contributed by atoms with van der Waals surface area (Å²) in [6.45, 7) is 1.25. The highest BCUT2D eigenvalue weighted by atomic mass is 16.3. The lowest BCUT2D eigenvalue weighted by Crippen LogP contribution is -2.51. The van der Waals surface area contributed by atoms with E-state index in [0.29, 0.717) is 19.0 Å². The van der Waals surface area contributed by atoms with Gasteiger partial charge in [-0.25, -0.2) is 0 Å². The second-order valence-electron chi connectivity index (χ2n) is 6.41. The Balaban J connectivity index is 1.61. The van der Waals surface area contributed by atoms with Crippen molar-refractivity contribution in [2.45, 2.75) is 38.2 Å². The lowest BCUT2D eigenvalue weighted by Gasteiger charge is -2.55. The zero-order valence-electron chi connectivity index (χ0n) is 10.4. The van der Waals surface area contributed by atoms with E-state index < -0.39 is 0 Å². The number of aliphatic hydroxyl groups is 1. The van der Waals surface area contributed by atoms with Crippen molar-refractivity contribution in [2.24, 2.45) is 29.6 Å². The minimum atomic E-state index is -0.182. The first kappa shape index (κ1) is 11.6. The number of nitrogens with one attached hydrogen (secondary N) is 1. The maximum atomic E-state index is 10.4. The molecule has 0 aromatic carbocycles. The Morgan fingerprint density at radius 2 is 1.71 bits per heavy atom. The van der Waals surface area contributed by atoms with Crippen LogP contribution in [0.3, 0.4) is 0 Å². The van der Waals surface area contributed by atoms with Crippen LogP contribution in [0.5, 0.6) is 0 Å². The Bertz CT molecular complexity index is 291. The van der Waals surface area contributed by atoms with Gasteiger partial charge in [-0.3, -0.25) is 0 Å². The van der Waals surface area contributed by atoms with Crippen LogP contribution < -0.4 is 5.32 Å². The van der Waals surface area contributed by atoms with Crippen LogP contribution in [0.1, 0.15) is 32.1 Å². The van der Waals surface area contributed by atoms with Crippen molar-refractivity contribution in [1.29, 1.82) is 0 Å². The molecule has 0 heterocycles. The molecule has 94 valence electrons. The van der Waals surface area contributed by atoms with Gasteiger partial charge in [0.1, 0.15) is 0 Å². The molecular weight excluding hydrogens is 210 g/mol. The summed E-state index contributed by atoms with van der Waals surface area (Å²) < 4.78 is 0. The topological polar surface area (TPSA) is 32.3 Å². The van der Waals surface area contributed by atoms with E-state index >= 15 is 0 Å². The molecule has 0 saturated heterocycles. The van der Waals surface area contributed by atoms with Crippen LogP contribution in [0.15, 0.2) is 0 Å². The summed E-state index contributed by atoms with van der Waals surface area (Å²) in [7, 11) is 0. The van der Waals surface area contributed by atoms with Gasteiger partial charge in [0, 0.05) is 6.54 Å². The molecule has 1 atom stereocenters. The van der Waals surface area contributed by atoms with Crippen molar-refractivity contribution < 1.29 is 5.11 Å². The lowest BCUT2D eigenvalue weighted by molar-refractivity contribution is -0.0879. The first-order valence-corrected chi connectivity index (χ1v) is 7.10. The minimum absolute atomic E-state index is 0.182. The van der Waals surface area contributed by atoms with Gasteiger partial charge in [0.25, 0.3) is 0 Å². The molecule has 0 amide bonds. The van der Waals surface area contributed by atoms with Gasteiger partial charge in [-0.05, 0) is 61.7 Å². The third kappa shape index (κ3) is 2.11. The lowest BCUT2D eigenvalue weighted by atomic mass is 9.51. The van der Waals surface area contributed by atoms with E-state index in [-0.39, 0.29) is 6.10 Å². The summed E-state index contributed by atoms with van der Waals surface area (Å²) in [5.74, 6) is 6.69. The quantitative estimate of drug-likeness (QED) is 0.571. The van der Waals surface area contributed by atoms with Crippen LogP contribution in [0.25, 0.3) is 0 Å². The van der Waals surface area contributed by atoms with Crippen LogP contribution in [0, 0.1) is 41.9 Å². The maximum absolute atomic E-state index is 10.4. The highest BCUT2D eigenvalue weighted by Gasteiger charge is 2.50. The minimum Gasteiger partial charge on any atom is -0.391 e. The van der Waals surface area contributed by atoms with E-state index in [1.54, 1.807) is 0 Å². The van der Waals surface area contributed by atoms with Gasteiger partial charge in [0.05, 0.1) is 12.6 Å². The summed E-state index contributed by atoms with van der Waals surface area (Å²) in [4.78, 5) is 0. The number of terminal acetylenes is 1. The molecule has 4 aliphatic carbocycles. The fraction of sp³-hybridized carbons (Fsp3) is 0.867. The third-order valence-electron chi connectivity index (χ3n) is 5.32. The molecule has 0 aromatic heterocycles. The summed E-state index contributed by atoms with van der Waals surface area (Å²) in [5.41, 5.74) is 0. The summed E-state index contributed by atoms with van der Waals surface area (Å²) in [6, 6.07) is 0. The smallest absolute Gasteiger partial charge is 0.0698 e. The van der Waals surface area contributed by atoms with E-state index in [9.17, 15) is 5.11 Å². The molecule has 4 saturated carbocycles. The van der Waals surface area contributed by atoms with Crippen molar-refractivity contribution in [3.8, 4) is 12.3 Å². The highest BCUT2D eigenvalue weighted by molar-refractivity contribution is 5.00. The predicted octanol–water partition coefficient (Wildman–Crippen LogP) is 1.64. The molecule has 1 unspecified atom stereocenters. The van der Waals surface area contributed by atoms with Crippen molar-refractivity contribution >= 4 is 0 Å². The molecule has 0 aromatic rings. The molecule has 2 heteroatoms. The fourth-order valence-electron chi connectivity index (χ4n) is 5.02. The van der Waals surface area contributed by atoms with E-state index in [0.717, 1.165) is 23.7 Å². The molecule has 0 radical (unpaired) electrons. The van der Waals surface area contributed by atoms with Gasteiger partial charge >= 0.3 is 0 Å². The molecule has 4 rings (SSSR count). The number of hydrogen-bond acceptors (Lipinski definition) is 2. The molecule has 0 aliphatic heterocycles. The third-order valence-corrected chi connectivity index (χ3v) is 5.32. The normalized spacial score (nSPS) is 44.6. The second-order valence-corrected chi connectivity index (χ2v) is 6.41. The van der Waals surface area contributed by atoms with Crippen LogP contribution in [-0.2, 0) is 0 Å². The van der Waals surface area contributed by atoms with Gasteiger partial charge in [-0.15, -0.1) is 6.42 Å². The van der Waals surface area contributed by atoms with Gasteiger partial charge in [0.15, 0.2) is 0 Å². The fourth-order valence-corrected chi connectivity index (χ4v) is 5.02. The first-order chi connectivity index (χ1) is 8.28. The monoisotopic (exact) mass is 233 g/mol. The van der Waals surface area contributed by atoms with Gasteiger partial charge in [-0.2, -0.15) is 0 Å². The van der Waals surface area contributed by atoms with Crippen LogP contribution >= 0.6 is 0 Å². The Hall–Kier alpha value is -0.520. The highest BCUT2D eigenvalue weighted by Crippen LogP contribution is 2.57. The molecule has 4 bridgehead atoms. The first-order valence-electron chi connectivity index (χ1n) is 7.10. The van der Waals surface area contributed by atoms with E-state index in [1.807, 2.05) is 0 Å². The number of aliphatic hydroxyl groups excluding tert-OH is 1. The molecular formula is C15H23NO. The molecule has 2 N–H and O–H groups in total. The molecule has 4 fully saturated rings. The Labute approximate surface area is 104 Å². The van der Waals surface area contributed by atoms with Crippen molar-refractivity contribution in [3.05, 3.63) is 0 Å². The molecule has 2 nitrogen and oxygen atoms in total. The average Bonchev–Trinajstić information content (AvgIpc) is 2.27. The summed E-state index contributed by atoms with van der Waals surface area (Å²) in [5, 5.41) is 13.5. The molecule has 4 aliphatic rings.